The molecule has 0 saturated heterocycles. The van der Waals surface area contributed by atoms with Crippen molar-refractivity contribution in [1.82, 2.24) is 16.0 Å². The molecule has 0 aromatic rings. The predicted octanol–water partition coefficient (Wildman–Crippen LogP) is -2.34. The highest BCUT2D eigenvalue weighted by molar-refractivity contribution is 5.94. The molecule has 0 heterocycles. The van der Waals surface area contributed by atoms with Crippen molar-refractivity contribution in [2.45, 2.75) is 70.6 Å². The van der Waals surface area contributed by atoms with Crippen molar-refractivity contribution in [3.05, 3.63) is 0 Å². The lowest BCUT2D eigenvalue weighted by atomic mass is 10.0. The lowest BCUT2D eigenvalue weighted by Gasteiger charge is -2.24. The minimum atomic E-state index is -1.38. The molecule has 0 aromatic heterocycles. The fourth-order valence-electron chi connectivity index (χ4n) is 2.48. The molecule has 0 aliphatic heterocycles. The third-order valence-electron chi connectivity index (χ3n) is 4.12. The zero-order valence-corrected chi connectivity index (χ0v) is 17.7. The molecule has 13 nitrogen and oxygen atoms in total. The van der Waals surface area contributed by atoms with E-state index >= 15 is 0 Å². The molecule has 0 spiro atoms. The van der Waals surface area contributed by atoms with Crippen LogP contribution in [0.4, 0.5) is 0 Å². The van der Waals surface area contributed by atoms with Gasteiger partial charge in [0, 0.05) is 6.42 Å². The van der Waals surface area contributed by atoms with Crippen LogP contribution in [0.25, 0.3) is 0 Å². The Bertz CT molecular complexity index is 696. The van der Waals surface area contributed by atoms with Gasteiger partial charge in [-0.2, -0.15) is 0 Å². The van der Waals surface area contributed by atoms with Crippen LogP contribution in [-0.2, 0) is 28.8 Å². The molecular weight excluding hydrogens is 414 g/mol. The minimum Gasteiger partial charge on any atom is -0.481 e. The molecule has 31 heavy (non-hydrogen) atoms. The first-order valence-corrected chi connectivity index (χ1v) is 9.64. The Morgan fingerprint density at radius 1 is 0.839 bits per heavy atom. The zero-order valence-electron chi connectivity index (χ0n) is 17.7. The maximum absolute atomic E-state index is 12.6. The van der Waals surface area contributed by atoms with E-state index in [0.29, 0.717) is 0 Å². The van der Waals surface area contributed by atoms with Crippen LogP contribution in [0.3, 0.4) is 0 Å². The maximum atomic E-state index is 12.6. The normalized spacial score (nSPS) is 14.6. The summed E-state index contributed by atoms with van der Waals surface area (Å²) in [4.78, 5) is 69.7. The molecular formula is C18H31N5O8. The van der Waals surface area contributed by atoms with E-state index in [2.05, 4.69) is 16.0 Å². The highest BCUT2D eigenvalue weighted by Crippen LogP contribution is 2.07. The van der Waals surface area contributed by atoms with Gasteiger partial charge in [-0.1, -0.05) is 13.8 Å². The quantitative estimate of drug-likeness (QED) is 0.151. The van der Waals surface area contributed by atoms with Crippen LogP contribution in [0.2, 0.25) is 0 Å². The first kappa shape index (κ1) is 27.8. The lowest BCUT2D eigenvalue weighted by molar-refractivity contribution is -0.142. The van der Waals surface area contributed by atoms with Gasteiger partial charge in [-0.3, -0.25) is 24.0 Å². The van der Waals surface area contributed by atoms with Gasteiger partial charge in [0.15, 0.2) is 0 Å². The molecule has 4 atom stereocenters. The summed E-state index contributed by atoms with van der Waals surface area (Å²) in [7, 11) is 0. The summed E-state index contributed by atoms with van der Waals surface area (Å²) >= 11 is 0. The Morgan fingerprint density at radius 2 is 1.39 bits per heavy atom. The summed E-state index contributed by atoms with van der Waals surface area (Å²) in [6.07, 6.45) is -0.926. The Hall–Kier alpha value is -3.22. The Kier molecular flexibility index (Phi) is 11.8. The van der Waals surface area contributed by atoms with Crippen molar-refractivity contribution in [1.29, 1.82) is 0 Å². The van der Waals surface area contributed by atoms with Gasteiger partial charge < -0.3 is 37.6 Å². The summed E-state index contributed by atoms with van der Waals surface area (Å²) in [5, 5.41) is 24.9. The van der Waals surface area contributed by atoms with E-state index in [9.17, 15) is 33.9 Å². The summed E-state index contributed by atoms with van der Waals surface area (Å²) < 4.78 is 0. The van der Waals surface area contributed by atoms with Crippen LogP contribution >= 0.6 is 0 Å². The number of primary amides is 1. The number of carboxylic acid groups (broad SMARTS) is 2. The molecule has 0 aromatic carbocycles. The number of rotatable bonds is 14. The van der Waals surface area contributed by atoms with Crippen molar-refractivity contribution in [3.63, 3.8) is 0 Å². The molecule has 0 radical (unpaired) electrons. The van der Waals surface area contributed by atoms with E-state index in [1.54, 1.807) is 13.8 Å². The van der Waals surface area contributed by atoms with E-state index in [1.807, 2.05) is 0 Å². The minimum absolute atomic E-state index is 0.0566. The Balaban J connectivity index is 5.13. The summed E-state index contributed by atoms with van der Waals surface area (Å²) in [6, 6.07) is -4.99. The Labute approximate surface area is 179 Å². The van der Waals surface area contributed by atoms with Crippen LogP contribution in [0.1, 0.15) is 46.5 Å². The van der Waals surface area contributed by atoms with Crippen molar-refractivity contribution < 1.29 is 39.0 Å². The topological polar surface area (TPSA) is 231 Å². The third-order valence-corrected chi connectivity index (χ3v) is 4.12. The van der Waals surface area contributed by atoms with Crippen LogP contribution in [-0.4, -0.2) is 69.9 Å². The number of hydrogen-bond donors (Lipinski definition) is 7. The number of carbonyl (C=O) groups is 6. The van der Waals surface area contributed by atoms with Gasteiger partial charge in [-0.05, 0) is 25.7 Å². The van der Waals surface area contributed by atoms with Gasteiger partial charge >= 0.3 is 11.9 Å². The molecule has 176 valence electrons. The van der Waals surface area contributed by atoms with Crippen molar-refractivity contribution in [2.24, 2.45) is 17.4 Å². The van der Waals surface area contributed by atoms with Crippen LogP contribution in [0.15, 0.2) is 0 Å². The zero-order chi connectivity index (χ0) is 24.3. The number of carboxylic acids is 2. The smallest absolute Gasteiger partial charge is 0.326 e. The average Bonchev–Trinajstić information content (AvgIpc) is 2.62. The van der Waals surface area contributed by atoms with Crippen LogP contribution < -0.4 is 27.4 Å². The number of aliphatic carboxylic acids is 2. The van der Waals surface area contributed by atoms with E-state index in [1.165, 1.54) is 6.92 Å². The maximum Gasteiger partial charge on any atom is 0.326 e. The SMILES string of the molecule is CC(C)CC(NC(=O)C(C)NC(=O)C(N)CC(=O)O)C(=O)NC(CCC(N)=O)C(=O)O. The molecule has 4 unspecified atom stereocenters. The Morgan fingerprint density at radius 3 is 1.84 bits per heavy atom. The molecule has 0 aliphatic carbocycles. The van der Waals surface area contributed by atoms with Gasteiger partial charge in [0.05, 0.1) is 12.5 Å². The molecule has 9 N–H and O–H groups in total. The summed E-state index contributed by atoms with van der Waals surface area (Å²) in [5.74, 6) is -5.81. The van der Waals surface area contributed by atoms with Gasteiger partial charge in [0.1, 0.15) is 18.1 Å². The number of nitrogens with one attached hydrogen (secondary N) is 3. The summed E-state index contributed by atoms with van der Waals surface area (Å²) in [5.41, 5.74) is 10.4. The van der Waals surface area contributed by atoms with Gasteiger partial charge in [0.2, 0.25) is 23.6 Å². The second-order valence-corrected chi connectivity index (χ2v) is 7.53. The van der Waals surface area contributed by atoms with E-state index in [0.717, 1.165) is 0 Å². The number of amides is 4. The third kappa shape index (κ3) is 11.5. The average molecular weight is 445 g/mol. The second-order valence-electron chi connectivity index (χ2n) is 7.53. The molecule has 4 amide bonds. The first-order chi connectivity index (χ1) is 14.2. The second kappa shape index (κ2) is 13.2. The van der Waals surface area contributed by atoms with Crippen LogP contribution in [0.5, 0.6) is 0 Å². The highest BCUT2D eigenvalue weighted by atomic mass is 16.4. The van der Waals surface area contributed by atoms with Crippen LogP contribution in [0, 0.1) is 5.92 Å². The predicted molar refractivity (Wildman–Crippen MR) is 107 cm³/mol. The van der Waals surface area contributed by atoms with Gasteiger partial charge in [0.25, 0.3) is 0 Å². The van der Waals surface area contributed by atoms with Crippen molar-refractivity contribution >= 4 is 35.6 Å². The molecule has 0 aliphatic rings. The number of carbonyl (C=O) groups excluding carboxylic acids is 4. The van der Waals surface area contributed by atoms with E-state index < -0.39 is 66.2 Å². The lowest BCUT2D eigenvalue weighted by Crippen LogP contribution is -2.56. The van der Waals surface area contributed by atoms with E-state index in [-0.39, 0.29) is 25.2 Å². The molecule has 0 bridgehead atoms. The largest absolute Gasteiger partial charge is 0.481 e. The number of hydrogen-bond acceptors (Lipinski definition) is 7. The monoisotopic (exact) mass is 445 g/mol. The highest BCUT2D eigenvalue weighted by Gasteiger charge is 2.29. The molecule has 0 rings (SSSR count). The molecule has 0 fully saturated rings. The fraction of sp³-hybridized carbons (Fsp3) is 0.667. The van der Waals surface area contributed by atoms with Crippen molar-refractivity contribution in [3.8, 4) is 0 Å². The standard InChI is InChI=1S/C18H31N5O8/c1-8(2)6-12(17(29)22-11(18(30)31)4-5-13(20)24)23-15(27)9(3)21-16(28)10(19)7-14(25)26/h8-12H,4-7,19H2,1-3H3,(H2,20,24)(H,21,28)(H,22,29)(H,23,27)(H,25,26)(H,30,31). The first-order valence-electron chi connectivity index (χ1n) is 9.64. The summed E-state index contributed by atoms with van der Waals surface area (Å²) in [6.45, 7) is 4.88. The van der Waals surface area contributed by atoms with E-state index in [4.69, 9.17) is 16.6 Å². The number of nitrogens with two attached hydrogens (primary N) is 2. The molecule has 0 saturated carbocycles. The van der Waals surface area contributed by atoms with Gasteiger partial charge in [-0.25, -0.2) is 4.79 Å². The van der Waals surface area contributed by atoms with Gasteiger partial charge in [-0.15, -0.1) is 0 Å². The fourth-order valence-corrected chi connectivity index (χ4v) is 2.48. The molecule has 13 heteroatoms. The van der Waals surface area contributed by atoms with Crippen molar-refractivity contribution in [2.75, 3.05) is 0 Å².